The molecule has 1 unspecified atom stereocenters. The summed E-state index contributed by atoms with van der Waals surface area (Å²) in [6.45, 7) is 5.03. The van der Waals surface area contributed by atoms with Crippen molar-refractivity contribution in [3.05, 3.63) is 0 Å². The van der Waals surface area contributed by atoms with E-state index in [1.807, 2.05) is 6.92 Å². The van der Waals surface area contributed by atoms with Crippen LogP contribution in [0.5, 0.6) is 0 Å². The van der Waals surface area contributed by atoms with Crippen molar-refractivity contribution in [1.29, 1.82) is 0 Å². The van der Waals surface area contributed by atoms with Gasteiger partial charge in [0.05, 0.1) is 12.1 Å². The first-order chi connectivity index (χ1) is 8.22. The van der Waals surface area contributed by atoms with Crippen molar-refractivity contribution in [1.82, 2.24) is 10.6 Å². The molecular formula is C12H24N2O3. The van der Waals surface area contributed by atoms with Gasteiger partial charge in [-0.3, -0.25) is 4.79 Å². The maximum Gasteiger partial charge on any atom is 0.246 e. The van der Waals surface area contributed by atoms with E-state index in [-0.39, 0.29) is 18.1 Å². The molecule has 0 aromatic carbocycles. The van der Waals surface area contributed by atoms with Gasteiger partial charge in [-0.1, -0.05) is 6.92 Å². The Balaban J connectivity index is 2.24. The number of nitrogens with one attached hydrogen (secondary N) is 2. The predicted molar refractivity (Wildman–Crippen MR) is 66.0 cm³/mol. The zero-order chi connectivity index (χ0) is 12.6. The van der Waals surface area contributed by atoms with Gasteiger partial charge in [0.1, 0.15) is 6.61 Å². The van der Waals surface area contributed by atoms with E-state index in [0.29, 0.717) is 19.8 Å². The van der Waals surface area contributed by atoms with Gasteiger partial charge in [-0.25, -0.2) is 0 Å². The van der Waals surface area contributed by atoms with Crippen LogP contribution in [0.4, 0.5) is 0 Å². The molecule has 1 aliphatic rings. The van der Waals surface area contributed by atoms with E-state index >= 15 is 0 Å². The van der Waals surface area contributed by atoms with Crippen molar-refractivity contribution in [2.45, 2.75) is 31.7 Å². The molecule has 17 heavy (non-hydrogen) atoms. The first kappa shape index (κ1) is 14.4. The number of methoxy groups -OCH3 is 1. The van der Waals surface area contributed by atoms with Crippen LogP contribution < -0.4 is 10.6 Å². The Morgan fingerprint density at radius 2 is 2.35 bits per heavy atom. The van der Waals surface area contributed by atoms with Crippen LogP contribution in [0, 0.1) is 0 Å². The molecule has 1 fully saturated rings. The van der Waals surface area contributed by atoms with E-state index in [1.165, 1.54) is 0 Å². The van der Waals surface area contributed by atoms with Gasteiger partial charge in [-0.05, 0) is 25.8 Å². The second kappa shape index (κ2) is 7.63. The van der Waals surface area contributed by atoms with Gasteiger partial charge >= 0.3 is 0 Å². The molecule has 0 aromatic heterocycles. The molecule has 5 heteroatoms. The largest absolute Gasteiger partial charge is 0.383 e. The Morgan fingerprint density at radius 3 is 2.94 bits per heavy atom. The normalized spacial score (nSPS) is 23.9. The van der Waals surface area contributed by atoms with Gasteiger partial charge < -0.3 is 20.1 Å². The number of carbonyl (C=O) groups is 1. The average molecular weight is 244 g/mol. The van der Waals surface area contributed by atoms with Crippen molar-refractivity contribution < 1.29 is 14.3 Å². The molecule has 0 saturated carbocycles. The third-order valence-electron chi connectivity index (χ3n) is 2.96. The monoisotopic (exact) mass is 244 g/mol. The topological polar surface area (TPSA) is 59.6 Å². The van der Waals surface area contributed by atoms with Crippen molar-refractivity contribution >= 4 is 5.91 Å². The average Bonchev–Trinajstić information content (AvgIpc) is 2.77. The first-order valence-corrected chi connectivity index (χ1v) is 6.31. The van der Waals surface area contributed by atoms with Crippen LogP contribution in [0.3, 0.4) is 0 Å². The van der Waals surface area contributed by atoms with Gasteiger partial charge in [-0.2, -0.15) is 0 Å². The molecule has 0 aliphatic carbocycles. The minimum atomic E-state index is -0.0881. The molecule has 0 bridgehead atoms. The van der Waals surface area contributed by atoms with E-state index in [0.717, 1.165) is 25.8 Å². The maximum absolute atomic E-state index is 11.5. The quantitative estimate of drug-likeness (QED) is 0.603. The highest BCUT2D eigenvalue weighted by Crippen LogP contribution is 2.18. The van der Waals surface area contributed by atoms with Gasteiger partial charge in [0.15, 0.2) is 0 Å². The summed E-state index contributed by atoms with van der Waals surface area (Å²) in [5.41, 5.74) is -0.0881. The smallest absolute Gasteiger partial charge is 0.246 e. The minimum Gasteiger partial charge on any atom is -0.383 e. The Labute approximate surface area is 103 Å². The lowest BCUT2D eigenvalue weighted by molar-refractivity contribution is -0.126. The summed E-state index contributed by atoms with van der Waals surface area (Å²) in [6.07, 6.45) is 3.10. The fraction of sp³-hybridized carbons (Fsp3) is 0.917. The summed E-state index contributed by atoms with van der Waals surface area (Å²) in [6, 6.07) is 0. The highest BCUT2D eigenvalue weighted by Gasteiger charge is 2.33. The Morgan fingerprint density at radius 1 is 1.53 bits per heavy atom. The van der Waals surface area contributed by atoms with E-state index in [2.05, 4.69) is 10.6 Å². The molecule has 1 aliphatic heterocycles. The Bertz CT molecular complexity index is 228. The van der Waals surface area contributed by atoms with Crippen LogP contribution in [-0.4, -0.2) is 51.5 Å². The number of ether oxygens (including phenoxy) is 2. The highest BCUT2D eigenvalue weighted by atomic mass is 16.5. The number of hydrogen-bond donors (Lipinski definition) is 2. The summed E-state index contributed by atoms with van der Waals surface area (Å²) < 4.78 is 10.4. The Hall–Kier alpha value is -0.650. The van der Waals surface area contributed by atoms with E-state index in [4.69, 9.17) is 9.47 Å². The van der Waals surface area contributed by atoms with Crippen molar-refractivity contribution in [2.24, 2.45) is 0 Å². The number of hydrogen-bond acceptors (Lipinski definition) is 4. The Kier molecular flexibility index (Phi) is 6.47. The third kappa shape index (κ3) is 5.02. The summed E-state index contributed by atoms with van der Waals surface area (Å²) >= 11 is 0. The number of rotatable bonds is 8. The summed E-state index contributed by atoms with van der Waals surface area (Å²) in [7, 11) is 1.69. The van der Waals surface area contributed by atoms with Gasteiger partial charge in [0.25, 0.3) is 0 Å². The SMILES string of the molecule is CCCOCC(=O)NCC1(COC)CCCN1. The lowest BCUT2D eigenvalue weighted by Crippen LogP contribution is -2.53. The maximum atomic E-state index is 11.5. The second-order valence-electron chi connectivity index (χ2n) is 4.57. The molecule has 0 aromatic rings. The fourth-order valence-electron chi connectivity index (χ4n) is 2.10. The zero-order valence-corrected chi connectivity index (χ0v) is 10.9. The molecule has 1 atom stereocenters. The van der Waals surface area contributed by atoms with E-state index < -0.39 is 0 Å². The van der Waals surface area contributed by atoms with Crippen LogP contribution in [0.15, 0.2) is 0 Å². The molecule has 1 amide bonds. The standard InChI is InChI=1S/C12H24N2O3/c1-3-7-17-8-11(15)13-9-12(10-16-2)5-4-6-14-12/h14H,3-10H2,1-2H3,(H,13,15). The number of carbonyl (C=O) groups excluding carboxylic acids is 1. The van der Waals surface area contributed by atoms with Crippen LogP contribution in [-0.2, 0) is 14.3 Å². The molecule has 100 valence electrons. The molecule has 5 nitrogen and oxygen atoms in total. The van der Waals surface area contributed by atoms with Gasteiger partial charge in [0.2, 0.25) is 5.91 Å². The molecule has 0 radical (unpaired) electrons. The van der Waals surface area contributed by atoms with Crippen molar-refractivity contribution in [3.63, 3.8) is 0 Å². The zero-order valence-electron chi connectivity index (χ0n) is 10.9. The van der Waals surface area contributed by atoms with Crippen molar-refractivity contribution in [2.75, 3.05) is 40.0 Å². The predicted octanol–water partition coefficient (Wildman–Crippen LogP) is 0.298. The third-order valence-corrected chi connectivity index (χ3v) is 2.96. The van der Waals surface area contributed by atoms with Gasteiger partial charge in [-0.15, -0.1) is 0 Å². The fourth-order valence-corrected chi connectivity index (χ4v) is 2.10. The van der Waals surface area contributed by atoms with Crippen LogP contribution >= 0.6 is 0 Å². The molecule has 2 N–H and O–H groups in total. The lowest BCUT2D eigenvalue weighted by atomic mass is 9.99. The van der Waals surface area contributed by atoms with E-state index in [9.17, 15) is 4.79 Å². The van der Waals surface area contributed by atoms with Gasteiger partial charge in [0, 0.05) is 20.3 Å². The molecule has 1 rings (SSSR count). The summed E-state index contributed by atoms with van der Waals surface area (Å²) in [5.74, 6) is -0.0531. The van der Waals surface area contributed by atoms with Crippen LogP contribution in [0.2, 0.25) is 0 Å². The van der Waals surface area contributed by atoms with Crippen LogP contribution in [0.1, 0.15) is 26.2 Å². The molecule has 1 heterocycles. The number of amides is 1. The van der Waals surface area contributed by atoms with E-state index in [1.54, 1.807) is 7.11 Å². The summed E-state index contributed by atoms with van der Waals surface area (Å²) in [5, 5.41) is 6.32. The second-order valence-corrected chi connectivity index (χ2v) is 4.57. The summed E-state index contributed by atoms with van der Waals surface area (Å²) in [4.78, 5) is 11.5. The molecule has 1 saturated heterocycles. The minimum absolute atomic E-state index is 0.0531. The van der Waals surface area contributed by atoms with Crippen molar-refractivity contribution in [3.8, 4) is 0 Å². The highest BCUT2D eigenvalue weighted by molar-refractivity contribution is 5.77. The molecule has 0 spiro atoms. The molecular weight excluding hydrogens is 220 g/mol. The first-order valence-electron chi connectivity index (χ1n) is 6.31. The lowest BCUT2D eigenvalue weighted by Gasteiger charge is -2.28. The van der Waals surface area contributed by atoms with Crippen LogP contribution in [0.25, 0.3) is 0 Å².